The van der Waals surface area contributed by atoms with Crippen molar-refractivity contribution in [3.63, 3.8) is 0 Å². The second kappa shape index (κ2) is 6.44. The molecule has 1 aliphatic carbocycles. The zero-order valence-corrected chi connectivity index (χ0v) is 13.9. The lowest BCUT2D eigenvalue weighted by Gasteiger charge is -2.39. The number of non-ortho nitro benzene ring substituents is 1. The highest BCUT2D eigenvalue weighted by Crippen LogP contribution is 2.37. The van der Waals surface area contributed by atoms with E-state index in [2.05, 4.69) is 15.9 Å². The molecule has 1 saturated heterocycles. The fourth-order valence-electron chi connectivity index (χ4n) is 4.04. The van der Waals surface area contributed by atoms with Gasteiger partial charge < -0.3 is 4.90 Å². The maximum absolute atomic E-state index is 13.9. The van der Waals surface area contributed by atoms with E-state index >= 15 is 0 Å². The van der Waals surface area contributed by atoms with Gasteiger partial charge in [-0.2, -0.15) is 0 Å². The number of halogens is 1. The number of piperazine rings is 1. The summed E-state index contributed by atoms with van der Waals surface area (Å²) >= 11 is 0. The SMILES string of the molecule is O=[N+]([O-])c1ccc(N2CCN([C@H]3CCc4c(F)cccc43)CC2)cc1. The Kier molecular flexibility index (Phi) is 4.13. The van der Waals surface area contributed by atoms with Crippen LogP contribution in [0.5, 0.6) is 0 Å². The summed E-state index contributed by atoms with van der Waals surface area (Å²) in [6, 6.07) is 12.5. The van der Waals surface area contributed by atoms with Crippen LogP contribution in [0, 0.1) is 15.9 Å². The number of nitro groups is 1. The molecule has 0 aromatic heterocycles. The van der Waals surface area contributed by atoms with Crippen LogP contribution < -0.4 is 4.90 Å². The number of anilines is 1. The first-order valence-electron chi connectivity index (χ1n) is 8.64. The Morgan fingerprint density at radius 3 is 2.44 bits per heavy atom. The molecule has 0 saturated carbocycles. The largest absolute Gasteiger partial charge is 0.369 e. The molecule has 2 aliphatic rings. The number of benzene rings is 2. The third-order valence-electron chi connectivity index (χ3n) is 5.36. The first kappa shape index (κ1) is 16.0. The number of nitrogens with zero attached hydrogens (tertiary/aromatic N) is 3. The molecule has 130 valence electrons. The second-order valence-electron chi connectivity index (χ2n) is 6.66. The molecule has 0 radical (unpaired) electrons. The third-order valence-corrected chi connectivity index (χ3v) is 5.36. The van der Waals surface area contributed by atoms with E-state index in [-0.39, 0.29) is 16.4 Å². The van der Waals surface area contributed by atoms with Crippen molar-refractivity contribution in [2.75, 3.05) is 31.1 Å². The Balaban J connectivity index is 1.43. The van der Waals surface area contributed by atoms with Gasteiger partial charge in [0.2, 0.25) is 0 Å². The number of fused-ring (bicyclic) bond motifs is 1. The topological polar surface area (TPSA) is 49.6 Å². The van der Waals surface area contributed by atoms with Crippen molar-refractivity contribution in [1.29, 1.82) is 0 Å². The zero-order valence-electron chi connectivity index (χ0n) is 13.9. The Labute approximate surface area is 145 Å². The predicted octanol–water partition coefficient (Wildman–Crippen LogP) is 3.54. The minimum absolute atomic E-state index is 0.0792. The number of nitro benzene ring substituents is 1. The summed E-state index contributed by atoms with van der Waals surface area (Å²) in [6.07, 6.45) is 1.79. The summed E-state index contributed by atoms with van der Waals surface area (Å²) in [5.41, 5.74) is 3.16. The van der Waals surface area contributed by atoms with E-state index in [4.69, 9.17) is 0 Å². The predicted molar refractivity (Wildman–Crippen MR) is 94.3 cm³/mol. The van der Waals surface area contributed by atoms with Gasteiger partial charge in [0.25, 0.3) is 5.69 Å². The first-order chi connectivity index (χ1) is 12.1. The van der Waals surface area contributed by atoms with E-state index in [9.17, 15) is 14.5 Å². The van der Waals surface area contributed by atoms with E-state index in [1.54, 1.807) is 24.3 Å². The maximum Gasteiger partial charge on any atom is 0.269 e. The standard InChI is InChI=1S/C19H20FN3O2/c20-18-3-1-2-17-16(18)8-9-19(17)22-12-10-21(11-13-22)14-4-6-15(7-5-14)23(24)25/h1-7,19H,8-13H2/t19-/m0/s1. The Morgan fingerprint density at radius 1 is 1.04 bits per heavy atom. The lowest BCUT2D eigenvalue weighted by Crippen LogP contribution is -2.47. The van der Waals surface area contributed by atoms with Crippen LogP contribution in [0.15, 0.2) is 42.5 Å². The molecule has 0 N–H and O–H groups in total. The lowest BCUT2D eigenvalue weighted by molar-refractivity contribution is -0.384. The Bertz CT molecular complexity index is 786. The highest BCUT2D eigenvalue weighted by atomic mass is 19.1. The van der Waals surface area contributed by atoms with Crippen LogP contribution >= 0.6 is 0 Å². The molecule has 0 bridgehead atoms. The van der Waals surface area contributed by atoms with Gasteiger partial charge in [-0.3, -0.25) is 15.0 Å². The molecule has 1 aliphatic heterocycles. The maximum atomic E-state index is 13.9. The van der Waals surface area contributed by atoms with Crippen molar-refractivity contribution in [3.8, 4) is 0 Å². The Morgan fingerprint density at radius 2 is 1.76 bits per heavy atom. The van der Waals surface area contributed by atoms with Gasteiger partial charge in [-0.05, 0) is 42.2 Å². The summed E-state index contributed by atoms with van der Waals surface area (Å²) in [6.45, 7) is 3.58. The highest BCUT2D eigenvalue weighted by Gasteiger charge is 2.31. The van der Waals surface area contributed by atoms with E-state index in [1.165, 1.54) is 0 Å². The van der Waals surface area contributed by atoms with Gasteiger partial charge in [-0.25, -0.2) is 4.39 Å². The molecule has 4 rings (SSSR count). The summed E-state index contributed by atoms with van der Waals surface area (Å²) in [7, 11) is 0. The molecule has 6 heteroatoms. The molecule has 0 spiro atoms. The van der Waals surface area contributed by atoms with E-state index in [0.717, 1.165) is 55.8 Å². The van der Waals surface area contributed by atoms with Crippen molar-refractivity contribution < 1.29 is 9.31 Å². The summed E-state index contributed by atoms with van der Waals surface area (Å²) in [4.78, 5) is 15.1. The average molecular weight is 341 g/mol. The number of rotatable bonds is 3. The van der Waals surface area contributed by atoms with Gasteiger partial charge in [-0.15, -0.1) is 0 Å². The average Bonchev–Trinajstić information content (AvgIpc) is 3.07. The monoisotopic (exact) mass is 341 g/mol. The van der Waals surface area contributed by atoms with Gasteiger partial charge in [0.15, 0.2) is 0 Å². The quantitative estimate of drug-likeness (QED) is 0.633. The van der Waals surface area contributed by atoms with Gasteiger partial charge >= 0.3 is 0 Å². The van der Waals surface area contributed by atoms with Crippen molar-refractivity contribution in [1.82, 2.24) is 4.90 Å². The van der Waals surface area contributed by atoms with Crippen molar-refractivity contribution in [2.45, 2.75) is 18.9 Å². The molecule has 0 unspecified atom stereocenters. The first-order valence-corrected chi connectivity index (χ1v) is 8.64. The smallest absolute Gasteiger partial charge is 0.269 e. The normalized spacial score (nSPS) is 20.5. The van der Waals surface area contributed by atoms with Crippen LogP contribution in [-0.4, -0.2) is 36.0 Å². The minimum atomic E-state index is -0.377. The molecule has 2 aromatic rings. The minimum Gasteiger partial charge on any atom is -0.369 e. The van der Waals surface area contributed by atoms with E-state index in [1.807, 2.05) is 12.1 Å². The molecular weight excluding hydrogens is 321 g/mol. The van der Waals surface area contributed by atoms with Crippen LogP contribution in [0.3, 0.4) is 0 Å². The summed E-state index contributed by atoms with van der Waals surface area (Å²) in [5, 5.41) is 10.8. The van der Waals surface area contributed by atoms with Crippen LogP contribution in [0.2, 0.25) is 0 Å². The number of hydrogen-bond donors (Lipinski definition) is 0. The highest BCUT2D eigenvalue weighted by molar-refractivity contribution is 5.51. The molecule has 5 nitrogen and oxygen atoms in total. The van der Waals surface area contributed by atoms with Crippen LogP contribution in [0.1, 0.15) is 23.6 Å². The van der Waals surface area contributed by atoms with Crippen molar-refractivity contribution in [3.05, 3.63) is 69.5 Å². The fraction of sp³-hybridized carbons (Fsp3) is 0.368. The fourth-order valence-corrected chi connectivity index (χ4v) is 4.04. The van der Waals surface area contributed by atoms with Gasteiger partial charge in [0.1, 0.15) is 5.82 Å². The molecule has 1 fully saturated rings. The van der Waals surface area contributed by atoms with Gasteiger partial charge in [0.05, 0.1) is 4.92 Å². The van der Waals surface area contributed by atoms with Gasteiger partial charge in [-0.1, -0.05) is 12.1 Å². The lowest BCUT2D eigenvalue weighted by atomic mass is 10.1. The zero-order chi connectivity index (χ0) is 17.4. The van der Waals surface area contributed by atoms with E-state index < -0.39 is 0 Å². The van der Waals surface area contributed by atoms with Crippen molar-refractivity contribution in [2.24, 2.45) is 0 Å². The van der Waals surface area contributed by atoms with E-state index in [0.29, 0.717) is 6.04 Å². The summed E-state index contributed by atoms with van der Waals surface area (Å²) < 4.78 is 13.9. The van der Waals surface area contributed by atoms with Crippen LogP contribution in [0.4, 0.5) is 15.8 Å². The molecule has 25 heavy (non-hydrogen) atoms. The number of hydrogen-bond acceptors (Lipinski definition) is 4. The third kappa shape index (κ3) is 2.98. The van der Waals surface area contributed by atoms with Crippen LogP contribution in [0.25, 0.3) is 0 Å². The Hall–Kier alpha value is -2.47. The molecular formula is C19H20FN3O2. The molecule has 1 heterocycles. The molecule has 1 atom stereocenters. The van der Waals surface area contributed by atoms with Gasteiger partial charge in [0, 0.05) is 50.0 Å². The molecule has 2 aromatic carbocycles. The molecule has 0 amide bonds. The second-order valence-corrected chi connectivity index (χ2v) is 6.66. The summed E-state index contributed by atoms with van der Waals surface area (Å²) in [5.74, 6) is -0.0792. The van der Waals surface area contributed by atoms with Crippen LogP contribution in [-0.2, 0) is 6.42 Å². The van der Waals surface area contributed by atoms with Crippen molar-refractivity contribution >= 4 is 11.4 Å².